The van der Waals surface area contributed by atoms with E-state index in [0.29, 0.717) is 0 Å². The number of carbonyl (C=O) groups excluding carboxylic acids is 1. The summed E-state index contributed by atoms with van der Waals surface area (Å²) in [4.78, 5) is 12.8. The van der Waals surface area contributed by atoms with Crippen LogP contribution in [0.1, 0.15) is 70.2 Å². The Labute approximate surface area is 168 Å². The molecule has 0 aliphatic heterocycles. The Kier molecular flexibility index (Phi) is 4.33. The number of ether oxygens (including phenoxy) is 2. The Hall–Kier alpha value is -2.29. The van der Waals surface area contributed by atoms with Crippen molar-refractivity contribution in [2.75, 3.05) is 0 Å². The molecule has 0 unspecified atom stereocenters. The van der Waals surface area contributed by atoms with Crippen molar-refractivity contribution in [2.24, 2.45) is 0 Å². The molecular weight excluding hydrogens is 348 g/mol. The molecule has 0 saturated heterocycles. The van der Waals surface area contributed by atoms with Crippen LogP contribution >= 0.6 is 0 Å². The molecular formula is C25H30O3. The van der Waals surface area contributed by atoms with Gasteiger partial charge in [-0.15, -0.1) is 0 Å². The van der Waals surface area contributed by atoms with Crippen LogP contribution in [-0.4, -0.2) is 6.16 Å². The Balaban J connectivity index is 1.54. The lowest BCUT2D eigenvalue weighted by Crippen LogP contribution is -2.25. The maximum atomic E-state index is 12.8. The number of hydrogen-bond acceptors (Lipinski definition) is 3. The smallest absolute Gasteiger partial charge is 0.423 e. The summed E-state index contributed by atoms with van der Waals surface area (Å²) in [7, 11) is 0. The number of benzene rings is 2. The zero-order chi connectivity index (χ0) is 20.3. The topological polar surface area (TPSA) is 35.5 Å². The van der Waals surface area contributed by atoms with Gasteiger partial charge < -0.3 is 9.47 Å². The molecule has 2 aromatic carbocycles. The van der Waals surface area contributed by atoms with Gasteiger partial charge in [0.15, 0.2) is 0 Å². The molecule has 28 heavy (non-hydrogen) atoms. The molecule has 4 rings (SSSR count). The summed E-state index contributed by atoms with van der Waals surface area (Å²) in [6.45, 7) is 12.7. The Bertz CT molecular complexity index is 885. The number of rotatable bonds is 4. The summed E-state index contributed by atoms with van der Waals surface area (Å²) in [5, 5.41) is 0. The SMILES string of the molecule is Cc1ccc(C2(OC(=O)OC3(c4ccc(C)c(C)c4C)CC3)CC2)c(C)c1C. The minimum Gasteiger partial charge on any atom is -0.423 e. The lowest BCUT2D eigenvalue weighted by atomic mass is 9.94. The molecule has 3 nitrogen and oxygen atoms in total. The maximum Gasteiger partial charge on any atom is 0.510 e. The molecule has 0 radical (unpaired) electrons. The molecule has 148 valence electrons. The van der Waals surface area contributed by atoms with Crippen LogP contribution in [-0.2, 0) is 20.7 Å². The van der Waals surface area contributed by atoms with Gasteiger partial charge >= 0.3 is 6.16 Å². The lowest BCUT2D eigenvalue weighted by Gasteiger charge is -2.24. The van der Waals surface area contributed by atoms with Gasteiger partial charge in [-0.2, -0.15) is 0 Å². The van der Waals surface area contributed by atoms with Crippen LogP contribution in [0.5, 0.6) is 0 Å². The van der Waals surface area contributed by atoms with E-state index in [1.807, 2.05) is 0 Å². The molecule has 2 aliphatic rings. The third-order valence-corrected chi connectivity index (χ3v) is 7.06. The zero-order valence-corrected chi connectivity index (χ0v) is 17.9. The van der Waals surface area contributed by atoms with Crippen LogP contribution in [0.25, 0.3) is 0 Å². The summed E-state index contributed by atoms with van der Waals surface area (Å²) in [5.74, 6) is 0. The second-order valence-corrected chi connectivity index (χ2v) is 8.80. The molecule has 0 aromatic heterocycles. The molecule has 0 N–H and O–H groups in total. The second-order valence-electron chi connectivity index (χ2n) is 8.80. The monoisotopic (exact) mass is 378 g/mol. The van der Waals surface area contributed by atoms with E-state index in [1.54, 1.807) is 0 Å². The molecule has 0 amide bonds. The van der Waals surface area contributed by atoms with Gasteiger partial charge in [-0.3, -0.25) is 0 Å². The van der Waals surface area contributed by atoms with Crippen molar-refractivity contribution in [2.45, 2.75) is 78.4 Å². The minimum absolute atomic E-state index is 0.506. The largest absolute Gasteiger partial charge is 0.510 e. The van der Waals surface area contributed by atoms with Gasteiger partial charge in [0.1, 0.15) is 11.2 Å². The van der Waals surface area contributed by atoms with Crippen molar-refractivity contribution < 1.29 is 14.3 Å². The molecule has 2 fully saturated rings. The third kappa shape index (κ3) is 3.01. The van der Waals surface area contributed by atoms with E-state index in [1.165, 1.54) is 33.4 Å². The van der Waals surface area contributed by atoms with E-state index in [4.69, 9.17) is 9.47 Å². The highest BCUT2D eigenvalue weighted by Gasteiger charge is 2.54. The fourth-order valence-corrected chi connectivity index (χ4v) is 4.32. The standard InChI is InChI=1S/C25H30O3/c1-15-7-9-21(19(5)17(15)3)24(11-12-24)27-23(26)28-25(13-14-25)22-10-8-16(2)18(4)20(22)6/h7-10H,11-14H2,1-6H3. The van der Waals surface area contributed by atoms with Crippen LogP contribution in [0.3, 0.4) is 0 Å². The first-order chi connectivity index (χ1) is 13.2. The van der Waals surface area contributed by atoms with Crippen molar-refractivity contribution in [1.82, 2.24) is 0 Å². The van der Waals surface area contributed by atoms with E-state index in [0.717, 1.165) is 36.8 Å². The van der Waals surface area contributed by atoms with E-state index >= 15 is 0 Å². The van der Waals surface area contributed by atoms with E-state index in [-0.39, 0.29) is 0 Å². The fraction of sp³-hybridized carbons (Fsp3) is 0.480. The molecule has 0 bridgehead atoms. The minimum atomic E-state index is -0.537. The van der Waals surface area contributed by atoms with Crippen LogP contribution in [0, 0.1) is 41.5 Å². The number of hydrogen-bond donors (Lipinski definition) is 0. The van der Waals surface area contributed by atoms with Gasteiger partial charge in [-0.05, 0) is 112 Å². The highest BCUT2D eigenvalue weighted by Crippen LogP contribution is 2.54. The quantitative estimate of drug-likeness (QED) is 0.580. The predicted molar refractivity (Wildman–Crippen MR) is 111 cm³/mol. The molecule has 2 aliphatic carbocycles. The van der Waals surface area contributed by atoms with Gasteiger partial charge in [0.05, 0.1) is 0 Å². The van der Waals surface area contributed by atoms with Crippen LogP contribution in [0.2, 0.25) is 0 Å². The summed E-state index contributed by atoms with van der Waals surface area (Å²) in [6, 6.07) is 8.46. The van der Waals surface area contributed by atoms with E-state index in [2.05, 4.69) is 65.8 Å². The van der Waals surface area contributed by atoms with Gasteiger partial charge in [0.25, 0.3) is 0 Å². The molecule has 2 aromatic rings. The number of carbonyl (C=O) groups is 1. The van der Waals surface area contributed by atoms with Crippen LogP contribution in [0.15, 0.2) is 24.3 Å². The zero-order valence-electron chi connectivity index (χ0n) is 17.9. The first-order valence-electron chi connectivity index (χ1n) is 10.3. The van der Waals surface area contributed by atoms with Crippen molar-refractivity contribution in [3.8, 4) is 0 Å². The van der Waals surface area contributed by atoms with E-state index < -0.39 is 17.4 Å². The summed E-state index contributed by atoms with van der Waals surface area (Å²) < 4.78 is 11.9. The number of aryl methyl sites for hydroxylation is 2. The van der Waals surface area contributed by atoms with Crippen molar-refractivity contribution in [3.05, 3.63) is 68.8 Å². The predicted octanol–water partition coefficient (Wildman–Crippen LogP) is 6.37. The first kappa shape index (κ1) is 19.0. The molecule has 2 saturated carbocycles. The molecule has 3 heteroatoms. The Morgan fingerprint density at radius 2 is 1.00 bits per heavy atom. The van der Waals surface area contributed by atoms with Crippen LogP contribution in [0.4, 0.5) is 4.79 Å². The summed E-state index contributed by atoms with van der Waals surface area (Å²) in [6.07, 6.45) is 2.91. The molecule has 0 heterocycles. The van der Waals surface area contributed by atoms with Gasteiger partial charge in [0.2, 0.25) is 0 Å². The highest BCUT2D eigenvalue weighted by molar-refractivity contribution is 5.64. The highest BCUT2D eigenvalue weighted by atomic mass is 16.7. The molecule has 0 spiro atoms. The second kappa shape index (κ2) is 6.37. The average Bonchev–Trinajstić information content (AvgIpc) is 3.56. The van der Waals surface area contributed by atoms with E-state index in [9.17, 15) is 4.79 Å². The van der Waals surface area contributed by atoms with Crippen LogP contribution < -0.4 is 0 Å². The van der Waals surface area contributed by atoms with Gasteiger partial charge in [0, 0.05) is 0 Å². The van der Waals surface area contributed by atoms with Gasteiger partial charge in [-0.1, -0.05) is 24.3 Å². The summed E-state index contributed by atoms with van der Waals surface area (Å²) >= 11 is 0. The third-order valence-electron chi connectivity index (χ3n) is 7.06. The summed E-state index contributed by atoms with van der Waals surface area (Å²) in [5.41, 5.74) is 8.74. The first-order valence-corrected chi connectivity index (χ1v) is 10.3. The van der Waals surface area contributed by atoms with Crippen molar-refractivity contribution in [1.29, 1.82) is 0 Å². The molecule has 0 atom stereocenters. The average molecular weight is 379 g/mol. The maximum absolute atomic E-state index is 12.8. The van der Waals surface area contributed by atoms with Crippen molar-refractivity contribution in [3.63, 3.8) is 0 Å². The fourth-order valence-electron chi connectivity index (χ4n) is 4.32. The Morgan fingerprint density at radius 3 is 1.32 bits per heavy atom. The lowest BCUT2D eigenvalue weighted by molar-refractivity contribution is -0.0220. The van der Waals surface area contributed by atoms with Crippen molar-refractivity contribution >= 4 is 6.16 Å². The normalized spacial score (nSPS) is 18.5. The Morgan fingerprint density at radius 1 is 0.643 bits per heavy atom. The van der Waals surface area contributed by atoms with Gasteiger partial charge in [-0.25, -0.2) is 4.79 Å².